The molecule has 1 fully saturated rings. The van der Waals surface area contributed by atoms with Crippen LogP contribution in [0.15, 0.2) is 30.6 Å². The van der Waals surface area contributed by atoms with Gasteiger partial charge in [-0.05, 0) is 37.0 Å². The Morgan fingerprint density at radius 1 is 1.36 bits per heavy atom. The van der Waals surface area contributed by atoms with E-state index in [1.165, 1.54) is 6.07 Å². The Kier molecular flexibility index (Phi) is 5.31. The average Bonchev–Trinajstić information content (AvgIpc) is 3.22. The van der Waals surface area contributed by atoms with E-state index in [4.69, 9.17) is 0 Å². The van der Waals surface area contributed by atoms with E-state index in [1.807, 2.05) is 18.0 Å². The normalized spacial score (nSPS) is 17.1. The molecule has 0 radical (unpaired) electrons. The molecule has 25 heavy (non-hydrogen) atoms. The van der Waals surface area contributed by atoms with Gasteiger partial charge in [0.1, 0.15) is 0 Å². The Labute approximate surface area is 145 Å². The summed E-state index contributed by atoms with van der Waals surface area (Å²) in [6, 6.07) is 3.96. The number of aryl methyl sites for hydroxylation is 2. The summed E-state index contributed by atoms with van der Waals surface area (Å²) in [7, 11) is 0. The van der Waals surface area contributed by atoms with E-state index in [0.29, 0.717) is 31.1 Å². The van der Waals surface area contributed by atoms with Gasteiger partial charge in [0.2, 0.25) is 5.91 Å². The predicted molar refractivity (Wildman–Crippen MR) is 91.3 cm³/mol. The largest absolute Gasteiger partial charge is 0.371 e. The highest BCUT2D eigenvalue weighted by molar-refractivity contribution is 5.75. The third-order valence-corrected chi connectivity index (χ3v) is 4.47. The number of hydrogen-bond acceptors (Lipinski definition) is 3. The van der Waals surface area contributed by atoms with Gasteiger partial charge in [-0.1, -0.05) is 0 Å². The molecule has 3 rings (SSSR count). The van der Waals surface area contributed by atoms with Crippen molar-refractivity contribution in [3.05, 3.63) is 47.8 Å². The first-order valence-corrected chi connectivity index (χ1v) is 8.47. The second kappa shape index (κ2) is 7.63. The van der Waals surface area contributed by atoms with Crippen molar-refractivity contribution in [1.82, 2.24) is 15.1 Å². The Bertz CT molecular complexity index is 746. The molecule has 2 aromatic rings. The van der Waals surface area contributed by atoms with Gasteiger partial charge < -0.3 is 10.2 Å². The minimum atomic E-state index is -0.834. The molecule has 1 aliphatic heterocycles. The number of amides is 1. The van der Waals surface area contributed by atoms with Crippen molar-refractivity contribution in [2.45, 2.75) is 26.3 Å². The van der Waals surface area contributed by atoms with Crippen LogP contribution in [-0.2, 0) is 11.3 Å². The van der Waals surface area contributed by atoms with Crippen LogP contribution >= 0.6 is 0 Å². The summed E-state index contributed by atoms with van der Waals surface area (Å²) in [5.41, 5.74) is 1.76. The van der Waals surface area contributed by atoms with Gasteiger partial charge in [-0.3, -0.25) is 9.48 Å². The second-order valence-corrected chi connectivity index (χ2v) is 6.53. The SMILES string of the molecule is Cc1cnn(CCC(=O)NC[C@@H]2CCN(c3ccc(F)c(F)c3)C2)c1. The lowest BCUT2D eigenvalue weighted by atomic mass is 10.1. The number of anilines is 1. The molecule has 1 aliphatic rings. The highest BCUT2D eigenvalue weighted by Gasteiger charge is 2.23. The molecule has 1 saturated heterocycles. The lowest BCUT2D eigenvalue weighted by Gasteiger charge is -2.19. The fourth-order valence-electron chi connectivity index (χ4n) is 3.07. The maximum absolute atomic E-state index is 13.3. The molecular formula is C18H22F2N4O. The van der Waals surface area contributed by atoms with Crippen molar-refractivity contribution < 1.29 is 13.6 Å². The van der Waals surface area contributed by atoms with Crippen LogP contribution in [0.4, 0.5) is 14.5 Å². The second-order valence-electron chi connectivity index (χ2n) is 6.53. The van der Waals surface area contributed by atoms with Crippen LogP contribution in [0.5, 0.6) is 0 Å². The van der Waals surface area contributed by atoms with Crippen LogP contribution in [0.1, 0.15) is 18.4 Å². The number of nitrogens with one attached hydrogen (secondary N) is 1. The van der Waals surface area contributed by atoms with E-state index in [0.717, 1.165) is 31.1 Å². The van der Waals surface area contributed by atoms with E-state index < -0.39 is 11.6 Å². The van der Waals surface area contributed by atoms with E-state index in [1.54, 1.807) is 16.9 Å². The fraction of sp³-hybridized carbons (Fsp3) is 0.444. The third-order valence-electron chi connectivity index (χ3n) is 4.47. The molecule has 1 aromatic carbocycles. The van der Waals surface area contributed by atoms with Gasteiger partial charge in [-0.2, -0.15) is 5.10 Å². The van der Waals surface area contributed by atoms with E-state index in [2.05, 4.69) is 10.4 Å². The summed E-state index contributed by atoms with van der Waals surface area (Å²) in [5.74, 6) is -1.36. The Balaban J connectivity index is 1.42. The zero-order valence-electron chi connectivity index (χ0n) is 14.2. The van der Waals surface area contributed by atoms with Gasteiger partial charge in [0, 0.05) is 50.6 Å². The standard InChI is InChI=1S/C18H22F2N4O/c1-13-9-22-24(11-13)7-5-18(25)21-10-14-4-6-23(12-14)15-2-3-16(19)17(20)8-15/h2-3,8-9,11,14H,4-7,10,12H2,1H3,(H,21,25)/t14-/m0/s1. The van der Waals surface area contributed by atoms with Gasteiger partial charge in [0.15, 0.2) is 11.6 Å². The van der Waals surface area contributed by atoms with Gasteiger partial charge in [0.25, 0.3) is 0 Å². The average molecular weight is 348 g/mol. The number of carbonyl (C=O) groups excluding carboxylic acids is 1. The van der Waals surface area contributed by atoms with Crippen LogP contribution in [0, 0.1) is 24.5 Å². The molecule has 0 bridgehead atoms. The lowest BCUT2D eigenvalue weighted by molar-refractivity contribution is -0.121. The molecule has 5 nitrogen and oxygen atoms in total. The van der Waals surface area contributed by atoms with Crippen LogP contribution in [0.25, 0.3) is 0 Å². The first-order valence-electron chi connectivity index (χ1n) is 8.47. The molecular weight excluding hydrogens is 326 g/mol. The molecule has 7 heteroatoms. The van der Waals surface area contributed by atoms with Crippen molar-refractivity contribution >= 4 is 11.6 Å². The van der Waals surface area contributed by atoms with Crippen molar-refractivity contribution in [1.29, 1.82) is 0 Å². The van der Waals surface area contributed by atoms with Crippen LogP contribution in [0.3, 0.4) is 0 Å². The van der Waals surface area contributed by atoms with Crippen LogP contribution < -0.4 is 10.2 Å². The predicted octanol–water partition coefficient (Wildman–Crippen LogP) is 2.50. The topological polar surface area (TPSA) is 50.2 Å². The first-order chi connectivity index (χ1) is 12.0. The first kappa shape index (κ1) is 17.4. The van der Waals surface area contributed by atoms with Crippen LogP contribution in [-0.4, -0.2) is 35.3 Å². The number of rotatable bonds is 6. The molecule has 0 saturated carbocycles. The number of halogens is 2. The van der Waals surface area contributed by atoms with Gasteiger partial charge in [0.05, 0.1) is 6.20 Å². The molecule has 1 atom stereocenters. The quantitative estimate of drug-likeness (QED) is 0.873. The molecule has 1 amide bonds. The lowest BCUT2D eigenvalue weighted by Crippen LogP contribution is -2.31. The summed E-state index contributed by atoms with van der Waals surface area (Å²) >= 11 is 0. The van der Waals surface area contributed by atoms with E-state index in [9.17, 15) is 13.6 Å². The minimum absolute atomic E-state index is 0.000528. The van der Waals surface area contributed by atoms with Gasteiger partial charge in [-0.15, -0.1) is 0 Å². The monoisotopic (exact) mass is 348 g/mol. The Morgan fingerprint density at radius 2 is 2.20 bits per heavy atom. The number of nitrogens with zero attached hydrogens (tertiary/aromatic N) is 3. The maximum atomic E-state index is 13.3. The molecule has 0 aliphatic carbocycles. The van der Waals surface area contributed by atoms with E-state index >= 15 is 0 Å². The summed E-state index contributed by atoms with van der Waals surface area (Å²) in [6.45, 7) is 4.62. The summed E-state index contributed by atoms with van der Waals surface area (Å²) < 4.78 is 28.1. The number of benzene rings is 1. The highest BCUT2D eigenvalue weighted by atomic mass is 19.2. The van der Waals surface area contributed by atoms with Gasteiger partial charge >= 0.3 is 0 Å². The van der Waals surface area contributed by atoms with Gasteiger partial charge in [-0.25, -0.2) is 8.78 Å². The smallest absolute Gasteiger partial charge is 0.221 e. The Morgan fingerprint density at radius 3 is 2.92 bits per heavy atom. The van der Waals surface area contributed by atoms with E-state index in [-0.39, 0.29) is 5.91 Å². The maximum Gasteiger partial charge on any atom is 0.221 e. The third kappa shape index (κ3) is 4.55. The molecule has 1 aromatic heterocycles. The number of carbonyl (C=O) groups is 1. The van der Waals surface area contributed by atoms with Crippen molar-refractivity contribution in [3.8, 4) is 0 Å². The molecule has 0 unspecified atom stereocenters. The highest BCUT2D eigenvalue weighted by Crippen LogP contribution is 2.24. The zero-order chi connectivity index (χ0) is 17.8. The molecule has 0 spiro atoms. The van der Waals surface area contributed by atoms with Crippen molar-refractivity contribution in [3.63, 3.8) is 0 Å². The zero-order valence-corrected chi connectivity index (χ0v) is 14.2. The summed E-state index contributed by atoms with van der Waals surface area (Å²) in [6.07, 6.45) is 4.98. The molecule has 134 valence electrons. The number of aromatic nitrogens is 2. The summed E-state index contributed by atoms with van der Waals surface area (Å²) in [4.78, 5) is 14.0. The van der Waals surface area contributed by atoms with Crippen molar-refractivity contribution in [2.75, 3.05) is 24.5 Å². The molecule has 1 N–H and O–H groups in total. The fourth-order valence-corrected chi connectivity index (χ4v) is 3.07. The summed E-state index contributed by atoms with van der Waals surface area (Å²) in [5, 5.41) is 7.11. The minimum Gasteiger partial charge on any atom is -0.371 e. The Hall–Kier alpha value is -2.44. The van der Waals surface area contributed by atoms with Crippen molar-refractivity contribution in [2.24, 2.45) is 5.92 Å². The number of hydrogen-bond donors (Lipinski definition) is 1. The molecule has 2 heterocycles. The van der Waals surface area contributed by atoms with Crippen LogP contribution in [0.2, 0.25) is 0 Å².